The third kappa shape index (κ3) is 3.37. The van der Waals surface area contributed by atoms with Crippen LogP contribution in [0.25, 0.3) is 11.0 Å². The predicted molar refractivity (Wildman–Crippen MR) is 87.5 cm³/mol. The number of aromatic nitrogens is 2. The Morgan fingerprint density at radius 2 is 2.24 bits per heavy atom. The molecule has 0 aliphatic carbocycles. The van der Waals surface area contributed by atoms with Crippen LogP contribution in [-0.4, -0.2) is 21.7 Å². The molecule has 0 atom stereocenters. The molecule has 0 radical (unpaired) electrons. The number of benzene rings is 1. The van der Waals surface area contributed by atoms with Gasteiger partial charge < -0.3 is 4.57 Å². The minimum atomic E-state index is -0.190. The lowest BCUT2D eigenvalue weighted by Gasteiger charge is -2.02. The van der Waals surface area contributed by atoms with Crippen LogP contribution in [0.15, 0.2) is 51.6 Å². The lowest BCUT2D eigenvalue weighted by atomic mass is 10.3. The number of rotatable bonds is 4. The van der Waals surface area contributed by atoms with E-state index in [4.69, 9.17) is 0 Å². The summed E-state index contributed by atoms with van der Waals surface area (Å²) in [6, 6.07) is 11.5. The standard InChI is InChI=1S/C14H11BrN4OS/c15-13-6-5-10(21-13)7-17-18-14(20)8-19-9-16-11-3-1-2-4-12(11)19/h1-7,9H,8H2,(H,18,20)/b17-7-. The van der Waals surface area contributed by atoms with Gasteiger partial charge in [-0.15, -0.1) is 11.3 Å². The number of amides is 1. The van der Waals surface area contributed by atoms with Crippen molar-refractivity contribution < 1.29 is 4.79 Å². The molecule has 0 saturated carbocycles. The van der Waals surface area contributed by atoms with Crippen LogP contribution in [0.5, 0.6) is 0 Å². The highest BCUT2D eigenvalue weighted by Gasteiger charge is 2.05. The smallest absolute Gasteiger partial charge is 0.260 e. The van der Waals surface area contributed by atoms with E-state index < -0.39 is 0 Å². The van der Waals surface area contributed by atoms with E-state index >= 15 is 0 Å². The fraction of sp³-hybridized carbons (Fsp3) is 0.0714. The quantitative estimate of drug-likeness (QED) is 0.572. The van der Waals surface area contributed by atoms with Gasteiger partial charge in [0.1, 0.15) is 6.54 Å². The van der Waals surface area contributed by atoms with E-state index in [1.54, 1.807) is 28.4 Å². The minimum absolute atomic E-state index is 0.186. The van der Waals surface area contributed by atoms with E-state index in [0.29, 0.717) is 0 Å². The second-order valence-corrected chi connectivity index (χ2v) is 6.79. The fourth-order valence-corrected chi connectivity index (χ4v) is 3.19. The van der Waals surface area contributed by atoms with Gasteiger partial charge in [-0.2, -0.15) is 5.10 Å². The highest BCUT2D eigenvalue weighted by molar-refractivity contribution is 9.11. The first-order valence-corrected chi connectivity index (χ1v) is 7.80. The molecule has 2 aromatic heterocycles. The number of fused-ring (bicyclic) bond motifs is 1. The number of thiophene rings is 1. The topological polar surface area (TPSA) is 59.3 Å². The Kier molecular flexibility index (Phi) is 4.12. The SMILES string of the molecule is O=C(Cn1cnc2ccccc21)N/N=C\c1ccc(Br)s1. The maximum Gasteiger partial charge on any atom is 0.260 e. The van der Waals surface area contributed by atoms with Crippen LogP contribution in [0, 0.1) is 0 Å². The zero-order valence-corrected chi connectivity index (χ0v) is 13.3. The van der Waals surface area contributed by atoms with Crippen LogP contribution >= 0.6 is 27.3 Å². The number of carbonyl (C=O) groups excluding carboxylic acids is 1. The van der Waals surface area contributed by atoms with Crippen molar-refractivity contribution in [1.82, 2.24) is 15.0 Å². The maximum atomic E-state index is 11.9. The number of para-hydroxylation sites is 2. The number of halogens is 1. The Labute approximate surface area is 133 Å². The predicted octanol–water partition coefficient (Wildman–Crippen LogP) is 3.01. The zero-order chi connectivity index (χ0) is 14.7. The van der Waals surface area contributed by atoms with Crippen molar-refractivity contribution in [3.8, 4) is 0 Å². The molecule has 1 amide bonds. The van der Waals surface area contributed by atoms with Crippen molar-refractivity contribution in [3.63, 3.8) is 0 Å². The largest absolute Gasteiger partial charge is 0.321 e. The van der Waals surface area contributed by atoms with Crippen molar-refractivity contribution in [2.24, 2.45) is 5.10 Å². The van der Waals surface area contributed by atoms with Gasteiger partial charge in [-0.1, -0.05) is 12.1 Å². The molecule has 106 valence electrons. The van der Waals surface area contributed by atoms with Gasteiger partial charge in [0.15, 0.2) is 0 Å². The van der Waals surface area contributed by atoms with Gasteiger partial charge in [0.25, 0.3) is 5.91 Å². The summed E-state index contributed by atoms with van der Waals surface area (Å²) in [7, 11) is 0. The Hall–Kier alpha value is -1.99. The van der Waals surface area contributed by atoms with Gasteiger partial charge in [-0.25, -0.2) is 10.4 Å². The first-order chi connectivity index (χ1) is 10.2. The van der Waals surface area contributed by atoms with Crippen molar-refractivity contribution in [2.75, 3.05) is 0 Å². The third-order valence-electron chi connectivity index (χ3n) is 2.82. The van der Waals surface area contributed by atoms with Gasteiger partial charge in [0.05, 0.1) is 27.4 Å². The molecule has 2 heterocycles. The molecule has 3 rings (SSSR count). The highest BCUT2D eigenvalue weighted by atomic mass is 79.9. The lowest BCUT2D eigenvalue weighted by Crippen LogP contribution is -2.22. The van der Waals surface area contributed by atoms with E-state index in [0.717, 1.165) is 19.7 Å². The van der Waals surface area contributed by atoms with Gasteiger partial charge in [-0.05, 0) is 40.2 Å². The Morgan fingerprint density at radius 1 is 1.38 bits per heavy atom. The monoisotopic (exact) mass is 362 g/mol. The molecule has 5 nitrogen and oxygen atoms in total. The average molecular weight is 363 g/mol. The number of carbonyl (C=O) groups is 1. The van der Waals surface area contributed by atoms with E-state index in [1.165, 1.54) is 0 Å². The van der Waals surface area contributed by atoms with Crippen molar-refractivity contribution in [3.05, 3.63) is 51.4 Å². The molecule has 0 aliphatic rings. The third-order valence-corrected chi connectivity index (χ3v) is 4.37. The molecule has 3 aromatic rings. The molecule has 0 fully saturated rings. The molecular weight excluding hydrogens is 352 g/mol. The minimum Gasteiger partial charge on any atom is -0.321 e. The number of hydrogen-bond donors (Lipinski definition) is 1. The van der Waals surface area contributed by atoms with Crippen LogP contribution in [0.2, 0.25) is 0 Å². The molecule has 0 aliphatic heterocycles. The first kappa shape index (κ1) is 14.0. The second kappa shape index (κ2) is 6.19. The van der Waals surface area contributed by atoms with Crippen LogP contribution in [0.1, 0.15) is 4.88 Å². The number of hydrogen-bond acceptors (Lipinski definition) is 4. The second-order valence-electron chi connectivity index (χ2n) is 4.30. The molecule has 0 unspecified atom stereocenters. The number of nitrogens with one attached hydrogen (secondary N) is 1. The lowest BCUT2D eigenvalue weighted by molar-refractivity contribution is -0.121. The van der Waals surface area contributed by atoms with Crippen LogP contribution < -0.4 is 5.43 Å². The Balaban J connectivity index is 1.63. The van der Waals surface area contributed by atoms with Gasteiger partial charge in [0.2, 0.25) is 0 Å². The fourth-order valence-electron chi connectivity index (χ4n) is 1.89. The van der Waals surface area contributed by atoms with E-state index in [2.05, 4.69) is 31.4 Å². The highest BCUT2D eigenvalue weighted by Crippen LogP contribution is 2.20. The molecular formula is C14H11BrN4OS. The molecule has 21 heavy (non-hydrogen) atoms. The van der Waals surface area contributed by atoms with E-state index in [-0.39, 0.29) is 12.5 Å². The summed E-state index contributed by atoms with van der Waals surface area (Å²) in [5, 5.41) is 3.95. The zero-order valence-electron chi connectivity index (χ0n) is 10.9. The Bertz CT molecular complexity index is 808. The van der Waals surface area contributed by atoms with Crippen LogP contribution in [-0.2, 0) is 11.3 Å². The normalized spacial score (nSPS) is 11.3. The van der Waals surface area contributed by atoms with Crippen LogP contribution in [0.3, 0.4) is 0 Å². The maximum absolute atomic E-state index is 11.9. The number of nitrogens with zero attached hydrogens (tertiary/aromatic N) is 3. The van der Waals surface area contributed by atoms with Gasteiger partial charge >= 0.3 is 0 Å². The molecule has 0 saturated heterocycles. The average Bonchev–Trinajstić information content (AvgIpc) is 3.06. The number of imidazole rings is 1. The molecule has 1 aromatic carbocycles. The summed E-state index contributed by atoms with van der Waals surface area (Å²) in [5.74, 6) is -0.190. The summed E-state index contributed by atoms with van der Waals surface area (Å²) >= 11 is 4.92. The van der Waals surface area contributed by atoms with Crippen molar-refractivity contribution in [1.29, 1.82) is 0 Å². The summed E-state index contributed by atoms with van der Waals surface area (Å²) in [4.78, 5) is 17.1. The van der Waals surface area contributed by atoms with Gasteiger partial charge in [0, 0.05) is 4.88 Å². The summed E-state index contributed by atoms with van der Waals surface area (Å²) in [5.41, 5.74) is 4.32. The van der Waals surface area contributed by atoms with Gasteiger partial charge in [-0.3, -0.25) is 4.79 Å². The summed E-state index contributed by atoms with van der Waals surface area (Å²) < 4.78 is 2.82. The molecule has 7 heteroatoms. The summed E-state index contributed by atoms with van der Waals surface area (Å²) in [6.07, 6.45) is 3.28. The molecule has 1 N–H and O–H groups in total. The number of hydrazone groups is 1. The van der Waals surface area contributed by atoms with E-state index in [9.17, 15) is 4.79 Å². The molecule has 0 spiro atoms. The molecule has 0 bridgehead atoms. The summed E-state index contributed by atoms with van der Waals surface area (Å²) in [6.45, 7) is 0.186. The van der Waals surface area contributed by atoms with Crippen molar-refractivity contribution >= 4 is 50.4 Å². The Morgan fingerprint density at radius 3 is 3.05 bits per heavy atom. The van der Waals surface area contributed by atoms with Crippen molar-refractivity contribution in [2.45, 2.75) is 6.54 Å². The van der Waals surface area contributed by atoms with Crippen LogP contribution in [0.4, 0.5) is 0 Å². The first-order valence-electron chi connectivity index (χ1n) is 6.19. The van der Waals surface area contributed by atoms with E-state index in [1.807, 2.05) is 36.4 Å².